The van der Waals surface area contributed by atoms with E-state index in [-0.39, 0.29) is 0 Å². The van der Waals surface area contributed by atoms with E-state index >= 15 is 0 Å². The number of aliphatic hydroxyl groups excluding tert-OH is 1. The quantitative estimate of drug-likeness (QED) is 0.115. The lowest BCUT2D eigenvalue weighted by Crippen LogP contribution is -2.78. The fourth-order valence-electron chi connectivity index (χ4n) is 3.53. The minimum Gasteiger partial charge on any atom is -0.458 e. The first-order valence-electron chi connectivity index (χ1n) is 14.9. The van der Waals surface area contributed by atoms with Crippen LogP contribution in [0.3, 0.4) is 0 Å². The van der Waals surface area contributed by atoms with Crippen LogP contribution in [-0.2, 0) is 37.4 Å². The SMILES string of the molecule is C=C[C@](O[Si](C)(C)C(C)(C)C)(C(=O)OC(C)(C)C)[C@](O[Si](C)(C)C(C)(C)C)(C(=O)OC(C)(C)C)[C@@H](O)C(=O)OC(C)(C)C. The van der Waals surface area contributed by atoms with Crippen LogP contribution in [-0.4, -0.2) is 73.8 Å². The Hall–Kier alpha value is -1.54. The molecular weight excluding hydrogens is 585 g/mol. The Morgan fingerprint density at radius 3 is 1.23 bits per heavy atom. The molecule has 0 fully saturated rings. The Bertz CT molecular complexity index is 1030. The molecule has 0 saturated heterocycles. The van der Waals surface area contributed by atoms with Crippen molar-refractivity contribution in [2.75, 3.05) is 0 Å². The second kappa shape index (κ2) is 12.7. The summed E-state index contributed by atoms with van der Waals surface area (Å²) in [5, 5.41) is 11.1. The Morgan fingerprint density at radius 2 is 0.930 bits per heavy atom. The van der Waals surface area contributed by atoms with E-state index in [0.717, 1.165) is 6.08 Å². The summed E-state index contributed by atoms with van der Waals surface area (Å²) in [6.07, 6.45) is -1.27. The molecule has 11 heteroatoms. The van der Waals surface area contributed by atoms with Gasteiger partial charge in [-0.25, -0.2) is 14.4 Å². The zero-order chi connectivity index (χ0) is 35.1. The van der Waals surface area contributed by atoms with E-state index in [1.54, 1.807) is 62.3 Å². The molecule has 9 nitrogen and oxygen atoms in total. The molecule has 0 aliphatic rings. The molecule has 0 amide bonds. The fourth-order valence-corrected chi connectivity index (χ4v) is 6.41. The molecule has 0 aliphatic carbocycles. The third-order valence-corrected chi connectivity index (χ3v) is 16.6. The molecule has 0 rings (SSSR count). The molecule has 43 heavy (non-hydrogen) atoms. The summed E-state index contributed by atoms with van der Waals surface area (Å²) in [6, 6.07) is 0. The van der Waals surface area contributed by atoms with Gasteiger partial charge in [-0.2, -0.15) is 0 Å². The van der Waals surface area contributed by atoms with E-state index in [4.69, 9.17) is 23.1 Å². The average Bonchev–Trinajstić information content (AvgIpc) is 2.69. The average molecular weight is 647 g/mol. The van der Waals surface area contributed by atoms with E-state index in [1.165, 1.54) is 0 Å². The summed E-state index contributed by atoms with van der Waals surface area (Å²) in [7, 11) is -6.26. The van der Waals surface area contributed by atoms with E-state index in [9.17, 15) is 19.5 Å². The van der Waals surface area contributed by atoms with Gasteiger partial charge >= 0.3 is 17.9 Å². The Kier molecular flexibility index (Phi) is 12.2. The third-order valence-electron chi connectivity index (χ3n) is 7.70. The van der Waals surface area contributed by atoms with Gasteiger partial charge in [-0.05, 0) is 105 Å². The molecule has 0 aliphatic heterocycles. The Balaban J connectivity index is 8.58. The van der Waals surface area contributed by atoms with Gasteiger partial charge in [0, 0.05) is 0 Å². The van der Waals surface area contributed by atoms with Crippen LogP contribution in [0.2, 0.25) is 36.3 Å². The van der Waals surface area contributed by atoms with E-state index < -0.39 is 78.7 Å². The van der Waals surface area contributed by atoms with Crippen molar-refractivity contribution in [3.8, 4) is 0 Å². The lowest BCUT2D eigenvalue weighted by molar-refractivity contribution is -0.231. The first-order chi connectivity index (χ1) is 18.5. The number of rotatable bonds is 10. The van der Waals surface area contributed by atoms with Gasteiger partial charge in [0.25, 0.3) is 0 Å². The molecule has 0 radical (unpaired) electrons. The van der Waals surface area contributed by atoms with E-state index in [2.05, 4.69) is 6.58 Å². The predicted octanol–water partition coefficient (Wildman–Crippen LogP) is 7.08. The van der Waals surface area contributed by atoms with Crippen LogP contribution >= 0.6 is 0 Å². The number of aliphatic hydroxyl groups is 1. The summed E-state index contributed by atoms with van der Waals surface area (Å²) in [5.74, 6) is -3.41. The Labute approximate surface area is 263 Å². The van der Waals surface area contributed by atoms with Crippen LogP contribution in [0.15, 0.2) is 12.7 Å². The largest absolute Gasteiger partial charge is 0.458 e. The van der Waals surface area contributed by atoms with Crippen LogP contribution in [0.5, 0.6) is 0 Å². The number of ether oxygens (including phenoxy) is 3. The minimum absolute atomic E-state index is 0.503. The second-order valence-corrected chi connectivity index (χ2v) is 26.8. The van der Waals surface area contributed by atoms with Gasteiger partial charge in [0.05, 0.1) is 0 Å². The molecule has 252 valence electrons. The number of hydrogen-bond donors (Lipinski definition) is 1. The van der Waals surface area contributed by atoms with Crippen LogP contribution in [0.25, 0.3) is 0 Å². The molecule has 0 spiro atoms. The van der Waals surface area contributed by atoms with Crippen LogP contribution in [0.4, 0.5) is 0 Å². The maximum absolute atomic E-state index is 14.8. The van der Waals surface area contributed by atoms with Gasteiger partial charge in [0.2, 0.25) is 11.2 Å². The topological polar surface area (TPSA) is 118 Å². The molecule has 0 aromatic rings. The van der Waals surface area contributed by atoms with Gasteiger partial charge in [-0.3, -0.25) is 0 Å². The van der Waals surface area contributed by atoms with Crippen molar-refractivity contribution in [2.24, 2.45) is 0 Å². The van der Waals surface area contributed by atoms with Crippen molar-refractivity contribution >= 4 is 34.5 Å². The first-order valence-corrected chi connectivity index (χ1v) is 20.8. The van der Waals surface area contributed by atoms with Crippen LogP contribution < -0.4 is 0 Å². The molecular formula is C32H62O9Si2. The number of carbonyl (C=O) groups is 3. The molecule has 3 atom stereocenters. The van der Waals surface area contributed by atoms with Crippen molar-refractivity contribution in [3.05, 3.63) is 12.7 Å². The van der Waals surface area contributed by atoms with Crippen molar-refractivity contribution in [3.63, 3.8) is 0 Å². The predicted molar refractivity (Wildman–Crippen MR) is 176 cm³/mol. The zero-order valence-electron chi connectivity index (χ0n) is 30.6. The van der Waals surface area contributed by atoms with Crippen LogP contribution in [0, 0.1) is 0 Å². The molecule has 0 aromatic heterocycles. The lowest BCUT2D eigenvalue weighted by atomic mass is 9.77. The second-order valence-electron chi connectivity index (χ2n) is 17.3. The highest BCUT2D eigenvalue weighted by molar-refractivity contribution is 6.75. The van der Waals surface area contributed by atoms with Crippen molar-refractivity contribution < 1.29 is 42.6 Å². The highest BCUT2D eigenvalue weighted by atomic mass is 28.4. The molecule has 0 aromatic carbocycles. The van der Waals surface area contributed by atoms with Crippen molar-refractivity contribution in [1.29, 1.82) is 0 Å². The number of carbonyl (C=O) groups excluding carboxylic acids is 3. The molecule has 1 N–H and O–H groups in total. The standard InChI is InChI=1S/C32H62O9Si2/c1-21-31(24(35)38-27(5,6)7,40-42(17,18)29(11,12)13)32(25(36)39-28(8,9)10,41-43(19,20)30(14,15)16)22(33)23(34)37-26(2,3)4/h21-22,33H,1H2,2-20H3/t22-,31-,32+/m0/s1. The minimum atomic E-state index is -3.19. The number of esters is 3. The van der Waals surface area contributed by atoms with E-state index in [1.807, 2.05) is 67.7 Å². The van der Waals surface area contributed by atoms with Crippen molar-refractivity contribution in [1.82, 2.24) is 0 Å². The fraction of sp³-hybridized carbons (Fsp3) is 0.844. The highest BCUT2D eigenvalue weighted by Gasteiger charge is 2.74. The van der Waals surface area contributed by atoms with Gasteiger partial charge in [0.1, 0.15) is 16.8 Å². The summed E-state index contributed by atoms with van der Waals surface area (Å²) < 4.78 is 31.2. The molecule has 0 bridgehead atoms. The maximum atomic E-state index is 14.8. The summed E-state index contributed by atoms with van der Waals surface area (Å²) in [6.45, 7) is 37.8. The maximum Gasteiger partial charge on any atom is 0.345 e. The van der Waals surface area contributed by atoms with Gasteiger partial charge in [-0.15, -0.1) is 0 Å². The number of hydrogen-bond acceptors (Lipinski definition) is 9. The highest BCUT2D eigenvalue weighted by Crippen LogP contribution is 2.50. The first kappa shape index (κ1) is 41.5. The lowest BCUT2D eigenvalue weighted by Gasteiger charge is -2.55. The summed E-state index contributed by atoms with van der Waals surface area (Å²) in [5.41, 5.74) is -8.60. The third kappa shape index (κ3) is 9.98. The van der Waals surface area contributed by atoms with Crippen LogP contribution in [0.1, 0.15) is 104 Å². The van der Waals surface area contributed by atoms with Gasteiger partial charge < -0.3 is 28.2 Å². The zero-order valence-corrected chi connectivity index (χ0v) is 32.6. The summed E-state index contributed by atoms with van der Waals surface area (Å²) >= 11 is 0. The van der Waals surface area contributed by atoms with E-state index in [0.29, 0.717) is 0 Å². The van der Waals surface area contributed by atoms with Crippen molar-refractivity contribution in [2.45, 2.75) is 174 Å². The normalized spacial score (nSPS) is 17.7. The smallest absolute Gasteiger partial charge is 0.345 e. The van der Waals surface area contributed by atoms with Gasteiger partial charge in [0.15, 0.2) is 22.7 Å². The molecule has 0 heterocycles. The van der Waals surface area contributed by atoms with Gasteiger partial charge in [-0.1, -0.05) is 48.1 Å². The monoisotopic (exact) mass is 646 g/mol. The molecule has 0 saturated carbocycles. The summed E-state index contributed by atoms with van der Waals surface area (Å²) in [4.78, 5) is 43.3. The Morgan fingerprint density at radius 1 is 0.605 bits per heavy atom. The molecule has 0 unspecified atom stereocenters.